The van der Waals surface area contributed by atoms with Crippen molar-refractivity contribution in [1.82, 2.24) is 19.7 Å². The first-order valence-corrected chi connectivity index (χ1v) is 13.0. The van der Waals surface area contributed by atoms with Crippen molar-refractivity contribution in [3.05, 3.63) is 146 Å². The molecule has 4 aromatic carbocycles. The van der Waals surface area contributed by atoms with Crippen molar-refractivity contribution in [2.24, 2.45) is 0 Å². The highest BCUT2D eigenvalue weighted by molar-refractivity contribution is 5.95. The van der Waals surface area contributed by atoms with Crippen LogP contribution in [0.2, 0.25) is 0 Å². The zero-order valence-corrected chi connectivity index (χ0v) is 21.1. The molecule has 0 bridgehead atoms. The molecule has 4 heteroatoms. The number of rotatable bonds is 5. The SMILES string of the molecule is c1ccc(-c2cc(-c3ccccc3)nc(-c3cccc(-c4nn(-c5ccncc5)c5ccccc45)c3)c2)cc1. The van der Waals surface area contributed by atoms with Gasteiger partial charge in [-0.15, -0.1) is 0 Å². The molecule has 184 valence electrons. The fraction of sp³-hybridized carbons (Fsp3) is 0. The molecule has 0 saturated heterocycles. The monoisotopic (exact) mass is 500 g/mol. The van der Waals surface area contributed by atoms with Crippen LogP contribution in [0.5, 0.6) is 0 Å². The summed E-state index contributed by atoms with van der Waals surface area (Å²) in [4.78, 5) is 9.29. The van der Waals surface area contributed by atoms with E-state index in [2.05, 4.69) is 108 Å². The van der Waals surface area contributed by atoms with Crippen LogP contribution < -0.4 is 0 Å². The smallest absolute Gasteiger partial charge is 0.101 e. The van der Waals surface area contributed by atoms with Gasteiger partial charge in [0.25, 0.3) is 0 Å². The number of hydrogen-bond acceptors (Lipinski definition) is 3. The average molecular weight is 501 g/mol. The standard InChI is InChI=1S/C35H24N4/c1-3-10-25(11-4-1)29-23-32(26-12-5-2-6-13-26)37-33(24-29)27-14-9-15-28(22-27)35-31-16-7-8-17-34(31)39(38-35)30-18-20-36-21-19-30/h1-24H. The molecule has 0 N–H and O–H groups in total. The molecule has 0 atom stereocenters. The predicted molar refractivity (Wildman–Crippen MR) is 158 cm³/mol. The Bertz CT molecular complexity index is 1830. The summed E-state index contributed by atoms with van der Waals surface area (Å²) in [6, 6.07) is 46.0. The lowest BCUT2D eigenvalue weighted by Gasteiger charge is -2.11. The van der Waals surface area contributed by atoms with E-state index in [1.807, 2.05) is 35.0 Å². The summed E-state index contributed by atoms with van der Waals surface area (Å²) in [7, 11) is 0. The molecule has 3 heterocycles. The van der Waals surface area contributed by atoms with Crippen LogP contribution in [0.4, 0.5) is 0 Å². The number of fused-ring (bicyclic) bond motifs is 1. The molecular weight excluding hydrogens is 476 g/mol. The van der Waals surface area contributed by atoms with E-state index in [-0.39, 0.29) is 0 Å². The Labute approximate surface area is 226 Å². The van der Waals surface area contributed by atoms with Crippen LogP contribution in [-0.2, 0) is 0 Å². The normalized spacial score (nSPS) is 11.1. The molecule has 0 saturated carbocycles. The Morgan fingerprint density at radius 1 is 0.462 bits per heavy atom. The molecular formula is C35H24N4. The molecule has 0 radical (unpaired) electrons. The number of nitrogens with zero attached hydrogens (tertiary/aromatic N) is 4. The maximum absolute atomic E-state index is 5.12. The summed E-state index contributed by atoms with van der Waals surface area (Å²) in [5.41, 5.74) is 10.3. The van der Waals surface area contributed by atoms with Crippen molar-refractivity contribution in [1.29, 1.82) is 0 Å². The first-order chi connectivity index (χ1) is 19.3. The Hall–Kier alpha value is -5.35. The molecule has 0 fully saturated rings. The summed E-state index contributed by atoms with van der Waals surface area (Å²) in [6.07, 6.45) is 3.59. The minimum atomic E-state index is 0.926. The van der Waals surface area contributed by atoms with Crippen molar-refractivity contribution < 1.29 is 0 Å². The number of aromatic nitrogens is 4. The molecule has 0 aliphatic heterocycles. The fourth-order valence-electron chi connectivity index (χ4n) is 5.02. The second-order valence-electron chi connectivity index (χ2n) is 9.42. The molecule has 0 aliphatic carbocycles. The quantitative estimate of drug-likeness (QED) is 0.238. The molecule has 4 nitrogen and oxygen atoms in total. The summed E-state index contributed by atoms with van der Waals surface area (Å²) >= 11 is 0. The molecule has 0 aliphatic rings. The number of benzene rings is 4. The second kappa shape index (κ2) is 9.84. The Kier molecular flexibility index (Phi) is 5.76. The first-order valence-electron chi connectivity index (χ1n) is 13.0. The van der Waals surface area contributed by atoms with Crippen LogP contribution in [0, 0.1) is 0 Å². The van der Waals surface area contributed by atoms with Gasteiger partial charge in [0.1, 0.15) is 5.69 Å². The van der Waals surface area contributed by atoms with Crippen LogP contribution in [0.1, 0.15) is 0 Å². The van der Waals surface area contributed by atoms with Gasteiger partial charge < -0.3 is 0 Å². The lowest BCUT2D eigenvalue weighted by molar-refractivity contribution is 0.911. The highest BCUT2D eigenvalue weighted by Gasteiger charge is 2.15. The lowest BCUT2D eigenvalue weighted by atomic mass is 9.98. The van der Waals surface area contributed by atoms with E-state index in [4.69, 9.17) is 10.1 Å². The molecule has 0 unspecified atom stereocenters. The summed E-state index contributed by atoms with van der Waals surface area (Å²) in [5, 5.41) is 6.16. The molecule has 7 aromatic rings. The molecule has 7 rings (SSSR count). The number of para-hydroxylation sites is 1. The summed E-state index contributed by atoms with van der Waals surface area (Å²) < 4.78 is 1.99. The summed E-state index contributed by atoms with van der Waals surface area (Å²) in [5.74, 6) is 0. The molecule has 0 spiro atoms. The zero-order valence-electron chi connectivity index (χ0n) is 21.1. The van der Waals surface area contributed by atoms with E-state index in [0.717, 1.165) is 61.5 Å². The van der Waals surface area contributed by atoms with E-state index in [1.165, 1.54) is 0 Å². The van der Waals surface area contributed by atoms with Crippen LogP contribution in [-0.4, -0.2) is 19.7 Å². The third-order valence-electron chi connectivity index (χ3n) is 6.93. The maximum Gasteiger partial charge on any atom is 0.101 e. The van der Waals surface area contributed by atoms with E-state index in [1.54, 1.807) is 12.4 Å². The largest absolute Gasteiger partial charge is 0.265 e. The Morgan fingerprint density at radius 3 is 1.85 bits per heavy atom. The van der Waals surface area contributed by atoms with Crippen molar-refractivity contribution in [2.45, 2.75) is 0 Å². The number of hydrogen-bond donors (Lipinski definition) is 0. The lowest BCUT2D eigenvalue weighted by Crippen LogP contribution is -1.96. The predicted octanol–water partition coefficient (Wildman–Crippen LogP) is 8.48. The molecule has 3 aromatic heterocycles. The van der Waals surface area contributed by atoms with E-state index in [9.17, 15) is 0 Å². The van der Waals surface area contributed by atoms with Crippen LogP contribution in [0.3, 0.4) is 0 Å². The molecule has 39 heavy (non-hydrogen) atoms. The highest BCUT2D eigenvalue weighted by Crippen LogP contribution is 2.34. The van der Waals surface area contributed by atoms with Gasteiger partial charge in [-0.3, -0.25) is 4.98 Å². The maximum atomic E-state index is 5.12. The van der Waals surface area contributed by atoms with Gasteiger partial charge in [0.2, 0.25) is 0 Å². The fourth-order valence-corrected chi connectivity index (χ4v) is 5.02. The van der Waals surface area contributed by atoms with Gasteiger partial charge in [0, 0.05) is 34.5 Å². The van der Waals surface area contributed by atoms with E-state index in [0.29, 0.717) is 0 Å². The second-order valence-corrected chi connectivity index (χ2v) is 9.42. The van der Waals surface area contributed by atoms with Crippen molar-refractivity contribution in [3.63, 3.8) is 0 Å². The van der Waals surface area contributed by atoms with Crippen LogP contribution in [0.15, 0.2) is 146 Å². The van der Waals surface area contributed by atoms with Gasteiger partial charge in [-0.2, -0.15) is 5.10 Å². The topological polar surface area (TPSA) is 43.6 Å². The molecule has 0 amide bonds. The minimum Gasteiger partial charge on any atom is -0.265 e. The third-order valence-corrected chi connectivity index (χ3v) is 6.93. The Balaban J connectivity index is 1.39. The van der Waals surface area contributed by atoms with Gasteiger partial charge in [-0.25, -0.2) is 9.67 Å². The highest BCUT2D eigenvalue weighted by atomic mass is 15.3. The Morgan fingerprint density at radius 2 is 1.08 bits per heavy atom. The van der Waals surface area contributed by atoms with Gasteiger partial charge in [0.15, 0.2) is 0 Å². The van der Waals surface area contributed by atoms with Crippen LogP contribution in [0.25, 0.3) is 61.5 Å². The van der Waals surface area contributed by atoms with Gasteiger partial charge in [-0.05, 0) is 47.5 Å². The average Bonchev–Trinajstić information content (AvgIpc) is 3.42. The van der Waals surface area contributed by atoms with Gasteiger partial charge in [0.05, 0.1) is 22.6 Å². The third kappa shape index (κ3) is 4.38. The van der Waals surface area contributed by atoms with Gasteiger partial charge in [-0.1, -0.05) is 97.1 Å². The number of pyridine rings is 2. The summed E-state index contributed by atoms with van der Waals surface area (Å²) in [6.45, 7) is 0. The zero-order chi connectivity index (χ0) is 26.0. The van der Waals surface area contributed by atoms with Crippen LogP contribution >= 0.6 is 0 Å². The minimum absolute atomic E-state index is 0.926. The van der Waals surface area contributed by atoms with Crippen molar-refractivity contribution >= 4 is 10.9 Å². The van der Waals surface area contributed by atoms with Crippen molar-refractivity contribution in [2.75, 3.05) is 0 Å². The first kappa shape index (κ1) is 22.8. The van der Waals surface area contributed by atoms with Crippen molar-refractivity contribution in [3.8, 4) is 50.6 Å². The van der Waals surface area contributed by atoms with E-state index < -0.39 is 0 Å². The van der Waals surface area contributed by atoms with E-state index >= 15 is 0 Å². The van der Waals surface area contributed by atoms with Gasteiger partial charge >= 0.3 is 0 Å².